The topological polar surface area (TPSA) is 82.5 Å². The summed E-state index contributed by atoms with van der Waals surface area (Å²) in [5.74, 6) is -0.569. The Morgan fingerprint density at radius 3 is 2.52 bits per heavy atom. The van der Waals surface area contributed by atoms with E-state index in [4.69, 9.17) is 21.1 Å². The highest BCUT2D eigenvalue weighted by Gasteiger charge is 2.27. The van der Waals surface area contributed by atoms with Crippen LogP contribution in [0.4, 0.5) is 5.69 Å². The zero-order valence-corrected chi connectivity index (χ0v) is 19.1. The van der Waals surface area contributed by atoms with E-state index in [2.05, 4.69) is 10.3 Å². The molecule has 0 aliphatic heterocycles. The molecule has 1 N–H and O–H groups in total. The van der Waals surface area contributed by atoms with Crippen molar-refractivity contribution in [1.82, 2.24) is 9.55 Å². The highest BCUT2D eigenvalue weighted by Crippen LogP contribution is 2.34. The summed E-state index contributed by atoms with van der Waals surface area (Å²) in [6.45, 7) is 2.33. The molecule has 4 aromatic rings. The number of halogens is 1. The Labute approximate surface area is 195 Å². The average molecular weight is 464 g/mol. The lowest BCUT2D eigenvalue weighted by molar-refractivity contribution is -0.112. The number of Topliss-reactive ketones (excluding diaryl/α,β-unsaturated/α-hetero) is 1. The van der Waals surface area contributed by atoms with Crippen LogP contribution in [0.15, 0.2) is 60.8 Å². The monoisotopic (exact) mass is 463 g/mol. The van der Waals surface area contributed by atoms with E-state index in [1.54, 1.807) is 18.2 Å². The SMILES string of the molecule is COc1cc(NC(=O)C(=O)c2c(C)n(Cc3ccc(Cl)cc3)c3cccc(OC)c23)ccn1. The molecule has 33 heavy (non-hydrogen) atoms. The maximum atomic E-state index is 13.4. The van der Waals surface area contributed by atoms with Crippen molar-refractivity contribution in [2.75, 3.05) is 19.5 Å². The molecule has 2 heterocycles. The second-order valence-corrected chi connectivity index (χ2v) is 7.83. The van der Waals surface area contributed by atoms with E-state index >= 15 is 0 Å². The Balaban J connectivity index is 1.77. The van der Waals surface area contributed by atoms with Crippen molar-refractivity contribution < 1.29 is 19.1 Å². The van der Waals surface area contributed by atoms with Crippen LogP contribution in [0.25, 0.3) is 10.9 Å². The number of aromatic nitrogens is 2. The molecule has 168 valence electrons. The van der Waals surface area contributed by atoms with Crippen molar-refractivity contribution in [3.63, 3.8) is 0 Å². The number of nitrogens with zero attached hydrogens (tertiary/aromatic N) is 2. The normalized spacial score (nSPS) is 10.8. The van der Waals surface area contributed by atoms with Crippen molar-refractivity contribution in [2.24, 2.45) is 0 Å². The van der Waals surface area contributed by atoms with Crippen molar-refractivity contribution in [2.45, 2.75) is 13.5 Å². The Bertz CT molecular complexity index is 1350. The van der Waals surface area contributed by atoms with Gasteiger partial charge >= 0.3 is 0 Å². The third-order valence-electron chi connectivity index (χ3n) is 5.42. The predicted molar refractivity (Wildman–Crippen MR) is 128 cm³/mol. The maximum Gasteiger partial charge on any atom is 0.296 e. The van der Waals surface area contributed by atoms with Crippen LogP contribution in [0.1, 0.15) is 21.6 Å². The lowest BCUT2D eigenvalue weighted by atomic mass is 10.1. The fraction of sp³-hybridized carbons (Fsp3) is 0.160. The lowest BCUT2D eigenvalue weighted by Crippen LogP contribution is -2.23. The van der Waals surface area contributed by atoms with E-state index in [-0.39, 0.29) is 0 Å². The molecule has 0 aliphatic rings. The second kappa shape index (κ2) is 9.34. The number of carbonyl (C=O) groups excluding carboxylic acids is 2. The Hall–Kier alpha value is -3.84. The van der Waals surface area contributed by atoms with Crippen LogP contribution in [0.3, 0.4) is 0 Å². The van der Waals surface area contributed by atoms with Gasteiger partial charge in [-0.25, -0.2) is 4.98 Å². The molecular formula is C25H22ClN3O4. The first kappa shape index (κ1) is 22.4. The maximum absolute atomic E-state index is 13.4. The number of anilines is 1. The smallest absolute Gasteiger partial charge is 0.296 e. The summed E-state index contributed by atoms with van der Waals surface area (Å²) in [6.07, 6.45) is 1.49. The van der Waals surface area contributed by atoms with E-state index in [0.717, 1.165) is 11.1 Å². The summed E-state index contributed by atoms with van der Waals surface area (Å²) in [7, 11) is 3.02. The fourth-order valence-electron chi connectivity index (χ4n) is 3.82. The van der Waals surface area contributed by atoms with Gasteiger partial charge < -0.3 is 19.4 Å². The molecule has 0 bridgehead atoms. The predicted octanol–water partition coefficient (Wildman–Crippen LogP) is 4.89. The first-order valence-corrected chi connectivity index (χ1v) is 10.6. The Morgan fingerprint density at radius 2 is 1.82 bits per heavy atom. The number of carbonyl (C=O) groups is 2. The number of pyridine rings is 1. The molecule has 2 aromatic carbocycles. The number of methoxy groups -OCH3 is 2. The molecule has 0 saturated heterocycles. The summed E-state index contributed by atoms with van der Waals surface area (Å²) in [5, 5.41) is 3.88. The number of ketones is 1. The first-order chi connectivity index (χ1) is 15.9. The Morgan fingerprint density at radius 1 is 1.06 bits per heavy atom. The molecule has 0 unspecified atom stereocenters. The van der Waals surface area contributed by atoms with E-state index in [0.29, 0.717) is 45.5 Å². The number of amides is 1. The summed E-state index contributed by atoms with van der Waals surface area (Å²) in [6, 6.07) is 16.2. The summed E-state index contributed by atoms with van der Waals surface area (Å²) in [4.78, 5) is 30.3. The third kappa shape index (κ3) is 4.40. The molecule has 0 radical (unpaired) electrons. The van der Waals surface area contributed by atoms with Crippen molar-refractivity contribution >= 4 is 39.9 Å². The van der Waals surface area contributed by atoms with Gasteiger partial charge in [-0.15, -0.1) is 0 Å². The molecule has 0 atom stereocenters. The third-order valence-corrected chi connectivity index (χ3v) is 5.67. The number of ether oxygens (including phenoxy) is 2. The van der Waals surface area contributed by atoms with Crippen LogP contribution in [0.2, 0.25) is 5.02 Å². The molecule has 7 nitrogen and oxygen atoms in total. The molecule has 0 saturated carbocycles. The molecule has 8 heteroatoms. The first-order valence-electron chi connectivity index (χ1n) is 10.2. The molecule has 0 fully saturated rings. The lowest BCUT2D eigenvalue weighted by Gasteiger charge is -2.09. The molecule has 1 amide bonds. The largest absolute Gasteiger partial charge is 0.496 e. The molecule has 4 rings (SSSR count). The second-order valence-electron chi connectivity index (χ2n) is 7.40. The fourth-order valence-corrected chi connectivity index (χ4v) is 3.94. The Kier molecular flexibility index (Phi) is 6.33. The molecular weight excluding hydrogens is 442 g/mol. The van der Waals surface area contributed by atoms with Crippen LogP contribution in [-0.4, -0.2) is 35.5 Å². The highest BCUT2D eigenvalue weighted by atomic mass is 35.5. The van der Waals surface area contributed by atoms with Crippen LogP contribution >= 0.6 is 11.6 Å². The minimum atomic E-state index is -0.761. The number of rotatable bonds is 7. The van der Waals surface area contributed by atoms with Gasteiger partial charge in [0.2, 0.25) is 5.88 Å². The minimum Gasteiger partial charge on any atom is -0.496 e. The number of benzene rings is 2. The average Bonchev–Trinajstić information content (AvgIpc) is 3.11. The summed E-state index contributed by atoms with van der Waals surface area (Å²) < 4.78 is 12.6. The molecule has 2 aromatic heterocycles. The zero-order valence-electron chi connectivity index (χ0n) is 18.4. The van der Waals surface area contributed by atoms with Crippen LogP contribution in [0.5, 0.6) is 11.6 Å². The van der Waals surface area contributed by atoms with Gasteiger partial charge in [-0.3, -0.25) is 9.59 Å². The van der Waals surface area contributed by atoms with Crippen molar-refractivity contribution in [3.05, 3.63) is 82.6 Å². The van der Waals surface area contributed by atoms with Crippen LogP contribution < -0.4 is 14.8 Å². The van der Waals surface area contributed by atoms with E-state index < -0.39 is 11.7 Å². The van der Waals surface area contributed by atoms with Gasteiger partial charge in [0.05, 0.1) is 30.7 Å². The van der Waals surface area contributed by atoms with E-state index in [1.165, 1.54) is 20.4 Å². The van der Waals surface area contributed by atoms with Crippen LogP contribution in [0, 0.1) is 6.92 Å². The van der Waals surface area contributed by atoms with Gasteiger partial charge in [-0.05, 0) is 42.8 Å². The number of nitrogens with one attached hydrogen (secondary N) is 1. The van der Waals surface area contributed by atoms with Gasteiger partial charge in [-0.1, -0.05) is 29.8 Å². The molecule has 0 aliphatic carbocycles. The van der Waals surface area contributed by atoms with Gasteiger partial charge in [0.15, 0.2) is 0 Å². The van der Waals surface area contributed by atoms with Gasteiger partial charge in [0.1, 0.15) is 5.75 Å². The summed E-state index contributed by atoms with van der Waals surface area (Å²) in [5.41, 5.74) is 3.18. The minimum absolute atomic E-state index is 0.301. The van der Waals surface area contributed by atoms with Gasteiger partial charge in [0, 0.05) is 35.2 Å². The zero-order chi connectivity index (χ0) is 23.5. The molecule has 0 spiro atoms. The highest BCUT2D eigenvalue weighted by molar-refractivity contribution is 6.49. The van der Waals surface area contributed by atoms with Crippen LogP contribution in [-0.2, 0) is 11.3 Å². The van der Waals surface area contributed by atoms with Gasteiger partial charge in [0.25, 0.3) is 11.7 Å². The number of hydrogen-bond donors (Lipinski definition) is 1. The standard InChI is InChI=1S/C25H22ClN3O4/c1-15-22(24(30)25(31)28-18-11-12-27-21(13-18)33-3)23-19(5-4-6-20(23)32-2)29(15)14-16-7-9-17(26)10-8-16/h4-13H,14H2,1-3H3,(H,27,28,31). The number of fused-ring (bicyclic) bond motifs is 1. The quantitative estimate of drug-likeness (QED) is 0.312. The van der Waals surface area contributed by atoms with Crippen molar-refractivity contribution in [3.8, 4) is 11.6 Å². The number of hydrogen-bond acceptors (Lipinski definition) is 5. The van der Waals surface area contributed by atoms with Gasteiger partial charge in [-0.2, -0.15) is 0 Å². The van der Waals surface area contributed by atoms with Crippen molar-refractivity contribution in [1.29, 1.82) is 0 Å². The van der Waals surface area contributed by atoms with E-state index in [1.807, 2.05) is 47.9 Å². The van der Waals surface area contributed by atoms with E-state index in [9.17, 15) is 9.59 Å². The summed E-state index contributed by atoms with van der Waals surface area (Å²) >= 11 is 6.02.